The van der Waals surface area contributed by atoms with Crippen molar-refractivity contribution >= 4 is 17.0 Å². The third-order valence-corrected chi connectivity index (χ3v) is 2.52. The summed E-state index contributed by atoms with van der Waals surface area (Å²) in [4.78, 5) is 29.8. The molecule has 0 aliphatic rings. The number of hydrogen-bond acceptors (Lipinski definition) is 4. The number of aromatic amines is 1. The lowest BCUT2D eigenvalue weighted by molar-refractivity contribution is 0.0601. The van der Waals surface area contributed by atoms with Crippen LogP contribution in [0.3, 0.4) is 0 Å². The number of carbonyl (C=O) groups excluding carboxylic acids is 1. The summed E-state index contributed by atoms with van der Waals surface area (Å²) in [5, 5.41) is 0. The highest BCUT2D eigenvalue weighted by Gasteiger charge is 2.08. The van der Waals surface area contributed by atoms with Crippen molar-refractivity contribution in [3.63, 3.8) is 0 Å². The van der Waals surface area contributed by atoms with Gasteiger partial charge in [0, 0.05) is 0 Å². The number of methoxy groups -OCH3 is 1. The van der Waals surface area contributed by atoms with E-state index in [2.05, 4.69) is 14.7 Å². The van der Waals surface area contributed by atoms with E-state index in [0.29, 0.717) is 28.7 Å². The maximum atomic E-state index is 11.6. The molecule has 0 radical (unpaired) electrons. The van der Waals surface area contributed by atoms with E-state index in [4.69, 9.17) is 0 Å². The van der Waals surface area contributed by atoms with Gasteiger partial charge >= 0.3 is 5.97 Å². The second-order valence-electron chi connectivity index (χ2n) is 3.59. The number of nitrogens with zero attached hydrogens (tertiary/aromatic N) is 1. The zero-order valence-corrected chi connectivity index (χ0v) is 9.61. The Bertz CT molecular complexity index is 631. The summed E-state index contributed by atoms with van der Waals surface area (Å²) in [7, 11) is 1.31. The lowest BCUT2D eigenvalue weighted by Crippen LogP contribution is -2.14. The number of aromatic nitrogens is 2. The Balaban J connectivity index is 2.63. The summed E-state index contributed by atoms with van der Waals surface area (Å²) in [5.74, 6) is -0.438. The molecule has 1 heterocycles. The van der Waals surface area contributed by atoms with E-state index in [1.165, 1.54) is 7.11 Å². The molecule has 5 nitrogen and oxygen atoms in total. The molecule has 5 heteroatoms. The Morgan fingerprint density at radius 2 is 2.24 bits per heavy atom. The quantitative estimate of drug-likeness (QED) is 0.791. The third kappa shape index (κ3) is 2.04. The number of esters is 1. The van der Waals surface area contributed by atoms with Crippen molar-refractivity contribution in [3.05, 3.63) is 39.8 Å². The maximum Gasteiger partial charge on any atom is 0.337 e. The van der Waals surface area contributed by atoms with Gasteiger partial charge in [-0.15, -0.1) is 0 Å². The van der Waals surface area contributed by atoms with Crippen LogP contribution >= 0.6 is 0 Å². The number of H-pyrrole nitrogens is 1. The highest BCUT2D eigenvalue weighted by atomic mass is 16.5. The van der Waals surface area contributed by atoms with Crippen molar-refractivity contribution in [1.82, 2.24) is 9.97 Å². The highest BCUT2D eigenvalue weighted by molar-refractivity contribution is 5.93. The summed E-state index contributed by atoms with van der Waals surface area (Å²) in [6.45, 7) is 1.87. The summed E-state index contributed by atoms with van der Waals surface area (Å²) in [6.07, 6.45) is 0.573. The van der Waals surface area contributed by atoms with Crippen molar-refractivity contribution < 1.29 is 9.53 Å². The van der Waals surface area contributed by atoms with Crippen LogP contribution in [0.2, 0.25) is 0 Å². The number of carbonyl (C=O) groups is 1. The van der Waals surface area contributed by atoms with Crippen LogP contribution < -0.4 is 5.56 Å². The van der Waals surface area contributed by atoms with E-state index in [9.17, 15) is 9.59 Å². The molecule has 0 atom stereocenters. The largest absolute Gasteiger partial charge is 0.465 e. The minimum atomic E-state index is -0.438. The van der Waals surface area contributed by atoms with E-state index in [-0.39, 0.29) is 5.56 Å². The molecule has 17 heavy (non-hydrogen) atoms. The Hall–Kier alpha value is -2.17. The van der Waals surface area contributed by atoms with Gasteiger partial charge in [-0.3, -0.25) is 4.79 Å². The SMILES string of the molecule is CCc1nc2ccc(C(=O)OC)cc2[nH]c1=O. The van der Waals surface area contributed by atoms with Crippen LogP contribution in [0.1, 0.15) is 23.0 Å². The molecule has 0 bridgehead atoms. The number of aryl methyl sites for hydroxylation is 1. The average molecular weight is 232 g/mol. The predicted octanol–water partition coefficient (Wildman–Crippen LogP) is 1.27. The number of nitrogens with one attached hydrogen (secondary N) is 1. The molecule has 0 aliphatic heterocycles. The van der Waals surface area contributed by atoms with Crippen LogP contribution in [0.25, 0.3) is 11.0 Å². The molecule has 0 saturated heterocycles. The molecule has 0 saturated carbocycles. The zero-order valence-electron chi connectivity index (χ0n) is 9.61. The smallest absolute Gasteiger partial charge is 0.337 e. The Kier molecular flexibility index (Phi) is 2.91. The average Bonchev–Trinajstić information content (AvgIpc) is 2.36. The molecule has 1 aromatic carbocycles. The number of fused-ring (bicyclic) bond motifs is 1. The fourth-order valence-corrected chi connectivity index (χ4v) is 1.61. The van der Waals surface area contributed by atoms with Crippen molar-refractivity contribution in [1.29, 1.82) is 0 Å². The maximum absolute atomic E-state index is 11.6. The first-order valence-electron chi connectivity index (χ1n) is 5.27. The van der Waals surface area contributed by atoms with Gasteiger partial charge in [-0.25, -0.2) is 9.78 Å². The predicted molar refractivity (Wildman–Crippen MR) is 63.1 cm³/mol. The first kappa shape index (κ1) is 11.3. The van der Waals surface area contributed by atoms with Gasteiger partial charge in [-0.05, 0) is 24.6 Å². The van der Waals surface area contributed by atoms with Gasteiger partial charge in [0.25, 0.3) is 5.56 Å². The summed E-state index contributed by atoms with van der Waals surface area (Å²) in [6, 6.07) is 4.88. The molecule has 0 aliphatic carbocycles. The van der Waals surface area contributed by atoms with Crippen LogP contribution in [0.5, 0.6) is 0 Å². The van der Waals surface area contributed by atoms with E-state index in [1.54, 1.807) is 18.2 Å². The number of ether oxygens (including phenoxy) is 1. The first-order valence-corrected chi connectivity index (χ1v) is 5.27. The molecular weight excluding hydrogens is 220 g/mol. The number of rotatable bonds is 2. The molecule has 1 N–H and O–H groups in total. The van der Waals surface area contributed by atoms with Gasteiger partial charge in [0.05, 0.1) is 23.7 Å². The molecule has 0 spiro atoms. The van der Waals surface area contributed by atoms with Crippen molar-refractivity contribution in [2.45, 2.75) is 13.3 Å². The van der Waals surface area contributed by atoms with E-state index in [1.807, 2.05) is 6.92 Å². The highest BCUT2D eigenvalue weighted by Crippen LogP contribution is 2.11. The Labute approximate surface area is 97.4 Å². The molecule has 0 amide bonds. The molecule has 0 fully saturated rings. The first-order chi connectivity index (χ1) is 8.15. The number of benzene rings is 1. The Morgan fingerprint density at radius 1 is 1.47 bits per heavy atom. The normalized spacial score (nSPS) is 10.5. The lowest BCUT2D eigenvalue weighted by Gasteiger charge is -2.03. The van der Waals surface area contributed by atoms with Crippen molar-refractivity contribution in [3.8, 4) is 0 Å². The van der Waals surface area contributed by atoms with E-state index >= 15 is 0 Å². The third-order valence-electron chi connectivity index (χ3n) is 2.52. The van der Waals surface area contributed by atoms with Gasteiger partial charge < -0.3 is 9.72 Å². The fraction of sp³-hybridized carbons (Fsp3) is 0.250. The second kappa shape index (κ2) is 4.37. The number of hydrogen-bond donors (Lipinski definition) is 1. The van der Waals surface area contributed by atoms with Crippen LogP contribution in [0.15, 0.2) is 23.0 Å². The van der Waals surface area contributed by atoms with Gasteiger partial charge in [0.1, 0.15) is 5.69 Å². The van der Waals surface area contributed by atoms with Crippen LogP contribution in [-0.2, 0) is 11.2 Å². The summed E-state index contributed by atoms with van der Waals surface area (Å²) >= 11 is 0. The Morgan fingerprint density at radius 3 is 2.88 bits per heavy atom. The molecule has 0 unspecified atom stereocenters. The molecule has 88 valence electrons. The molecule has 1 aromatic heterocycles. The van der Waals surface area contributed by atoms with E-state index in [0.717, 1.165) is 0 Å². The van der Waals surface area contributed by atoms with Gasteiger partial charge in [0.2, 0.25) is 0 Å². The molecule has 2 aromatic rings. The van der Waals surface area contributed by atoms with Crippen LogP contribution in [0.4, 0.5) is 0 Å². The monoisotopic (exact) mass is 232 g/mol. The second-order valence-corrected chi connectivity index (χ2v) is 3.59. The van der Waals surface area contributed by atoms with Crippen LogP contribution in [-0.4, -0.2) is 23.0 Å². The minimum Gasteiger partial charge on any atom is -0.465 e. The van der Waals surface area contributed by atoms with Gasteiger partial charge in [-0.2, -0.15) is 0 Å². The van der Waals surface area contributed by atoms with Crippen molar-refractivity contribution in [2.75, 3.05) is 7.11 Å². The van der Waals surface area contributed by atoms with Crippen molar-refractivity contribution in [2.24, 2.45) is 0 Å². The minimum absolute atomic E-state index is 0.220. The van der Waals surface area contributed by atoms with Gasteiger partial charge in [-0.1, -0.05) is 6.92 Å². The molecular formula is C12H12N2O3. The summed E-state index contributed by atoms with van der Waals surface area (Å²) < 4.78 is 4.61. The molecule has 2 rings (SSSR count). The van der Waals surface area contributed by atoms with Gasteiger partial charge in [0.15, 0.2) is 0 Å². The topological polar surface area (TPSA) is 72.0 Å². The van der Waals surface area contributed by atoms with Crippen LogP contribution in [0, 0.1) is 0 Å². The summed E-state index contributed by atoms with van der Waals surface area (Å²) in [5.41, 5.74) is 1.86. The fourth-order valence-electron chi connectivity index (χ4n) is 1.61. The van der Waals surface area contributed by atoms with E-state index < -0.39 is 5.97 Å². The standard InChI is InChI=1S/C12H12N2O3/c1-3-8-11(15)14-10-6-7(12(16)17-2)4-5-9(10)13-8/h4-6H,3H2,1-2H3,(H,14,15). The zero-order chi connectivity index (χ0) is 12.4. The lowest BCUT2D eigenvalue weighted by atomic mass is 10.2.